The highest BCUT2D eigenvalue weighted by molar-refractivity contribution is 8.13. The number of amides is 1. The Morgan fingerprint density at radius 1 is 1.33 bits per heavy atom. The van der Waals surface area contributed by atoms with E-state index in [-0.39, 0.29) is 11.0 Å². The van der Waals surface area contributed by atoms with Crippen molar-refractivity contribution in [1.29, 1.82) is 0 Å². The zero-order valence-corrected chi connectivity index (χ0v) is 13.5. The van der Waals surface area contributed by atoms with Crippen LogP contribution in [0.1, 0.15) is 37.6 Å². The van der Waals surface area contributed by atoms with Crippen molar-refractivity contribution < 1.29 is 9.59 Å². The molecule has 3 N–H and O–H groups in total. The van der Waals surface area contributed by atoms with Crippen LogP contribution in [-0.4, -0.2) is 17.6 Å². The van der Waals surface area contributed by atoms with E-state index in [4.69, 9.17) is 5.73 Å². The van der Waals surface area contributed by atoms with E-state index in [1.54, 1.807) is 18.2 Å². The molecule has 0 aliphatic rings. The summed E-state index contributed by atoms with van der Waals surface area (Å²) in [7, 11) is 0. The minimum absolute atomic E-state index is 0.0690. The van der Waals surface area contributed by atoms with Crippen LogP contribution in [0.15, 0.2) is 41.4 Å². The van der Waals surface area contributed by atoms with Gasteiger partial charge in [-0.2, -0.15) is 0 Å². The molecule has 114 valence electrons. The molecule has 0 aliphatic carbocycles. The fourth-order valence-electron chi connectivity index (χ4n) is 1.40. The van der Waals surface area contributed by atoms with Gasteiger partial charge in [0.2, 0.25) is 0 Å². The van der Waals surface area contributed by atoms with Crippen LogP contribution in [0, 0.1) is 5.41 Å². The zero-order valence-electron chi connectivity index (χ0n) is 12.7. The summed E-state index contributed by atoms with van der Waals surface area (Å²) >= 11 is 1.16. The fraction of sp³-hybridized carbons (Fsp3) is 0.375. The lowest BCUT2D eigenvalue weighted by Gasteiger charge is -2.15. The van der Waals surface area contributed by atoms with Crippen molar-refractivity contribution >= 4 is 22.8 Å². The predicted molar refractivity (Wildman–Crippen MR) is 87.0 cm³/mol. The van der Waals surface area contributed by atoms with Crippen LogP contribution < -0.4 is 11.1 Å². The summed E-state index contributed by atoms with van der Waals surface area (Å²) < 4.78 is 0. The van der Waals surface area contributed by atoms with E-state index >= 15 is 0 Å². The Labute approximate surface area is 130 Å². The fourth-order valence-corrected chi connectivity index (χ4v) is 2.25. The van der Waals surface area contributed by atoms with E-state index in [0.29, 0.717) is 24.2 Å². The summed E-state index contributed by atoms with van der Waals surface area (Å²) in [5.74, 6) is -0.179. The molecular weight excluding hydrogens is 284 g/mol. The number of nitrogens with one attached hydrogen (secondary N) is 1. The third-order valence-electron chi connectivity index (χ3n) is 2.65. The number of carbonyl (C=O) groups excluding carboxylic acids is 2. The number of carbonyl (C=O) groups is 2. The van der Waals surface area contributed by atoms with Crippen molar-refractivity contribution in [2.75, 3.05) is 6.54 Å². The van der Waals surface area contributed by atoms with Gasteiger partial charge < -0.3 is 11.1 Å². The molecule has 0 radical (unpaired) electrons. The number of rotatable bonds is 5. The molecule has 0 atom stereocenters. The van der Waals surface area contributed by atoms with Crippen LogP contribution in [0.4, 0.5) is 0 Å². The van der Waals surface area contributed by atoms with Crippen LogP contribution in [-0.2, 0) is 4.79 Å². The standard InChI is InChI=1S/C16H22N2O2S/c1-11(17)8-9-18-14(19)12-6-5-7-13(10-12)21-15(20)16(2,3)4/h5-7,10H,1,8-9,17H2,2-4H3,(H,18,19). The van der Waals surface area contributed by atoms with Gasteiger partial charge in [-0.25, -0.2) is 0 Å². The molecule has 0 aromatic heterocycles. The Morgan fingerprint density at radius 2 is 2.00 bits per heavy atom. The lowest BCUT2D eigenvalue weighted by Crippen LogP contribution is -2.25. The molecule has 0 spiro atoms. The second-order valence-electron chi connectivity index (χ2n) is 5.83. The molecule has 21 heavy (non-hydrogen) atoms. The van der Waals surface area contributed by atoms with Gasteiger partial charge in [-0.1, -0.05) is 45.2 Å². The first kappa shape index (κ1) is 17.3. The highest BCUT2D eigenvalue weighted by Crippen LogP contribution is 2.29. The molecule has 0 unspecified atom stereocenters. The molecule has 0 fully saturated rings. The van der Waals surface area contributed by atoms with E-state index in [9.17, 15) is 9.59 Å². The van der Waals surface area contributed by atoms with Crippen molar-refractivity contribution in [3.8, 4) is 0 Å². The van der Waals surface area contributed by atoms with E-state index < -0.39 is 5.41 Å². The largest absolute Gasteiger partial charge is 0.402 e. The topological polar surface area (TPSA) is 72.2 Å². The van der Waals surface area contributed by atoms with Crippen molar-refractivity contribution in [2.24, 2.45) is 11.1 Å². The third kappa shape index (κ3) is 6.04. The first-order valence-corrected chi connectivity index (χ1v) is 7.55. The smallest absolute Gasteiger partial charge is 0.251 e. The van der Waals surface area contributed by atoms with Gasteiger partial charge >= 0.3 is 0 Å². The number of benzene rings is 1. The maximum absolute atomic E-state index is 12.0. The molecule has 0 bridgehead atoms. The summed E-state index contributed by atoms with van der Waals surface area (Å²) in [6, 6.07) is 7.04. The van der Waals surface area contributed by atoms with Crippen molar-refractivity contribution in [3.63, 3.8) is 0 Å². The lowest BCUT2D eigenvalue weighted by atomic mass is 10.00. The van der Waals surface area contributed by atoms with E-state index in [1.165, 1.54) is 0 Å². The predicted octanol–water partition coefficient (Wildman–Crippen LogP) is 2.94. The lowest BCUT2D eigenvalue weighted by molar-refractivity contribution is -0.117. The number of hydrogen-bond donors (Lipinski definition) is 2. The first-order chi connectivity index (χ1) is 9.70. The second kappa shape index (κ2) is 7.31. The van der Waals surface area contributed by atoms with Crippen molar-refractivity contribution in [2.45, 2.75) is 32.1 Å². The molecule has 1 aromatic rings. The minimum atomic E-state index is -0.412. The summed E-state index contributed by atoms with van der Waals surface area (Å²) in [5.41, 5.74) is 6.11. The summed E-state index contributed by atoms with van der Waals surface area (Å²) in [5, 5.41) is 2.84. The van der Waals surface area contributed by atoms with Crippen LogP contribution in [0.25, 0.3) is 0 Å². The molecular formula is C16H22N2O2S. The molecule has 5 heteroatoms. The SMILES string of the molecule is C=C(N)CCNC(=O)c1cccc(SC(=O)C(C)(C)C)c1. The number of hydrogen-bond acceptors (Lipinski definition) is 4. The van der Waals surface area contributed by atoms with E-state index in [1.807, 2.05) is 26.8 Å². The molecule has 1 aromatic carbocycles. The van der Waals surface area contributed by atoms with Gasteiger partial charge in [0.05, 0.1) is 0 Å². The van der Waals surface area contributed by atoms with Crippen molar-refractivity contribution in [3.05, 3.63) is 42.1 Å². The van der Waals surface area contributed by atoms with Crippen molar-refractivity contribution in [1.82, 2.24) is 5.32 Å². The maximum atomic E-state index is 12.0. The summed E-state index contributed by atoms with van der Waals surface area (Å²) in [6.07, 6.45) is 0.544. The average Bonchev–Trinajstić information content (AvgIpc) is 2.37. The second-order valence-corrected chi connectivity index (χ2v) is 6.88. The molecule has 1 amide bonds. The van der Waals surface area contributed by atoms with Gasteiger partial charge in [0.1, 0.15) is 0 Å². The highest BCUT2D eigenvalue weighted by atomic mass is 32.2. The molecule has 0 saturated carbocycles. The normalized spacial score (nSPS) is 11.0. The molecule has 4 nitrogen and oxygen atoms in total. The zero-order chi connectivity index (χ0) is 16.0. The molecule has 0 heterocycles. The highest BCUT2D eigenvalue weighted by Gasteiger charge is 2.22. The van der Waals surface area contributed by atoms with Gasteiger partial charge in [-0.05, 0) is 18.2 Å². The van der Waals surface area contributed by atoms with Crippen LogP contribution >= 0.6 is 11.8 Å². The Morgan fingerprint density at radius 3 is 2.57 bits per heavy atom. The summed E-state index contributed by atoms with van der Waals surface area (Å²) in [6.45, 7) is 9.65. The Bertz CT molecular complexity index is 547. The Hall–Kier alpha value is -1.75. The summed E-state index contributed by atoms with van der Waals surface area (Å²) in [4.78, 5) is 24.8. The number of nitrogens with two attached hydrogens (primary N) is 1. The van der Waals surface area contributed by atoms with Gasteiger partial charge in [0.15, 0.2) is 5.12 Å². The quantitative estimate of drug-likeness (QED) is 0.820. The Balaban J connectivity index is 2.70. The van der Waals surface area contributed by atoms with Crippen LogP contribution in [0.3, 0.4) is 0 Å². The molecule has 0 aliphatic heterocycles. The van der Waals surface area contributed by atoms with Crippen LogP contribution in [0.2, 0.25) is 0 Å². The Kier molecular flexibility index (Phi) is 6.03. The average molecular weight is 306 g/mol. The maximum Gasteiger partial charge on any atom is 0.251 e. The monoisotopic (exact) mass is 306 g/mol. The van der Waals surface area contributed by atoms with E-state index in [0.717, 1.165) is 16.7 Å². The van der Waals surface area contributed by atoms with E-state index in [2.05, 4.69) is 11.9 Å². The third-order valence-corrected chi connectivity index (χ3v) is 3.94. The molecule has 1 rings (SSSR count). The first-order valence-electron chi connectivity index (χ1n) is 6.74. The van der Waals surface area contributed by atoms with Crippen LogP contribution in [0.5, 0.6) is 0 Å². The van der Waals surface area contributed by atoms with Gasteiger partial charge in [0, 0.05) is 34.5 Å². The van der Waals surface area contributed by atoms with Gasteiger partial charge in [-0.3, -0.25) is 9.59 Å². The van der Waals surface area contributed by atoms with Gasteiger partial charge in [0.25, 0.3) is 5.91 Å². The minimum Gasteiger partial charge on any atom is -0.402 e. The van der Waals surface area contributed by atoms with Gasteiger partial charge in [-0.15, -0.1) is 0 Å². The molecule has 0 saturated heterocycles. The number of thioether (sulfide) groups is 1.